The summed E-state index contributed by atoms with van der Waals surface area (Å²) in [7, 11) is 1.70. The zero-order valence-corrected chi connectivity index (χ0v) is 16.6. The Morgan fingerprint density at radius 3 is 2.54 bits per heavy atom. The van der Waals surface area contributed by atoms with Crippen LogP contribution in [-0.2, 0) is 6.54 Å². The van der Waals surface area contributed by atoms with Gasteiger partial charge in [-0.1, -0.05) is 6.07 Å². The molecule has 2 atom stereocenters. The molecular weight excluding hydrogens is 328 g/mol. The molecule has 0 aliphatic rings. The number of methoxy groups -OCH3 is 1. The number of benzene rings is 1. The number of nitrogens with zero attached hydrogens (tertiary/aromatic N) is 1. The third-order valence-corrected chi connectivity index (χ3v) is 4.73. The number of aryl methyl sites for hydroxylation is 1. The van der Waals surface area contributed by atoms with Crippen LogP contribution in [-0.4, -0.2) is 35.3 Å². The van der Waals surface area contributed by atoms with Gasteiger partial charge in [0.05, 0.1) is 7.11 Å². The van der Waals surface area contributed by atoms with E-state index in [2.05, 4.69) is 47.7 Å². The van der Waals surface area contributed by atoms with Gasteiger partial charge in [0, 0.05) is 24.3 Å². The smallest absolute Gasteiger partial charge is 0.271 e. The van der Waals surface area contributed by atoms with Crippen LogP contribution in [0.5, 0.6) is 5.75 Å². The zero-order chi connectivity index (χ0) is 19.3. The molecule has 0 bridgehead atoms. The molecule has 2 unspecified atom stereocenters. The molecule has 142 valence electrons. The Bertz CT molecular complexity index is 754. The summed E-state index contributed by atoms with van der Waals surface area (Å²) >= 11 is 0. The second-order valence-electron chi connectivity index (χ2n) is 7.01. The molecule has 26 heavy (non-hydrogen) atoms. The highest BCUT2D eigenvalue weighted by Gasteiger charge is 2.15. The largest absolute Gasteiger partial charge is 0.496 e. The van der Waals surface area contributed by atoms with E-state index in [9.17, 15) is 4.79 Å². The number of amides is 1. The quantitative estimate of drug-likeness (QED) is 0.678. The van der Waals surface area contributed by atoms with Crippen LogP contribution in [0.2, 0.25) is 0 Å². The minimum absolute atomic E-state index is 0.0562. The predicted octanol–water partition coefficient (Wildman–Crippen LogP) is 3.03. The van der Waals surface area contributed by atoms with Crippen molar-refractivity contribution in [3.63, 3.8) is 0 Å². The number of aromatic amines is 1. The van der Waals surface area contributed by atoms with Crippen molar-refractivity contribution < 1.29 is 9.53 Å². The molecule has 1 heterocycles. The Hall–Kier alpha value is -2.34. The van der Waals surface area contributed by atoms with E-state index in [1.165, 1.54) is 16.7 Å². The predicted molar refractivity (Wildman–Crippen MR) is 104 cm³/mol. The van der Waals surface area contributed by atoms with Gasteiger partial charge in [-0.05, 0) is 69.9 Å². The lowest BCUT2D eigenvalue weighted by atomic mass is 10.0. The van der Waals surface area contributed by atoms with Crippen LogP contribution in [0.3, 0.4) is 0 Å². The van der Waals surface area contributed by atoms with Gasteiger partial charge in [0.1, 0.15) is 11.4 Å². The summed E-state index contributed by atoms with van der Waals surface area (Å²) < 4.78 is 5.37. The average molecular weight is 358 g/mol. The van der Waals surface area contributed by atoms with Crippen molar-refractivity contribution in [1.82, 2.24) is 20.8 Å². The lowest BCUT2D eigenvalue weighted by Gasteiger charge is -2.20. The monoisotopic (exact) mass is 358 g/mol. The third kappa shape index (κ3) is 5.08. The van der Waals surface area contributed by atoms with E-state index in [0.717, 1.165) is 24.4 Å². The zero-order valence-electron chi connectivity index (χ0n) is 16.6. The van der Waals surface area contributed by atoms with Crippen molar-refractivity contribution in [3.05, 3.63) is 46.3 Å². The van der Waals surface area contributed by atoms with E-state index in [-0.39, 0.29) is 18.0 Å². The molecule has 0 aliphatic heterocycles. The minimum atomic E-state index is -0.143. The molecule has 1 aromatic heterocycles. The Balaban J connectivity index is 1.84. The Labute approximate surface area is 155 Å². The number of carbonyl (C=O) groups excluding carboxylic acids is 1. The summed E-state index contributed by atoms with van der Waals surface area (Å²) in [4.78, 5) is 12.1. The van der Waals surface area contributed by atoms with Gasteiger partial charge >= 0.3 is 0 Å². The molecule has 6 heteroatoms. The molecule has 2 rings (SSSR count). The van der Waals surface area contributed by atoms with Gasteiger partial charge in [-0.15, -0.1) is 0 Å². The molecule has 0 saturated carbocycles. The SMILES string of the molecule is COc1ccc(CNC(C)CC(C)NC(=O)c2cc(C)[nH]n2)c(C)c1C. The highest BCUT2D eigenvalue weighted by Crippen LogP contribution is 2.23. The maximum absolute atomic E-state index is 12.1. The summed E-state index contributed by atoms with van der Waals surface area (Å²) in [6.45, 7) is 11.0. The maximum atomic E-state index is 12.1. The number of hydrogen-bond acceptors (Lipinski definition) is 4. The molecule has 0 spiro atoms. The van der Waals surface area contributed by atoms with Crippen molar-refractivity contribution in [2.45, 2.75) is 59.7 Å². The van der Waals surface area contributed by atoms with Gasteiger partial charge in [-0.3, -0.25) is 9.89 Å². The first kappa shape index (κ1) is 20.0. The number of aromatic nitrogens is 2. The second-order valence-corrected chi connectivity index (χ2v) is 7.01. The van der Waals surface area contributed by atoms with E-state index >= 15 is 0 Å². The Kier molecular flexibility index (Phi) is 6.80. The van der Waals surface area contributed by atoms with Crippen LogP contribution in [0.25, 0.3) is 0 Å². The highest BCUT2D eigenvalue weighted by molar-refractivity contribution is 5.92. The normalized spacial score (nSPS) is 13.3. The van der Waals surface area contributed by atoms with Crippen molar-refractivity contribution in [2.75, 3.05) is 7.11 Å². The lowest BCUT2D eigenvalue weighted by Crippen LogP contribution is -2.38. The van der Waals surface area contributed by atoms with Crippen LogP contribution in [0.4, 0.5) is 0 Å². The lowest BCUT2D eigenvalue weighted by molar-refractivity contribution is 0.0931. The number of ether oxygens (including phenoxy) is 1. The summed E-state index contributed by atoms with van der Waals surface area (Å²) in [6.07, 6.45) is 0.837. The van der Waals surface area contributed by atoms with Crippen LogP contribution in [0.1, 0.15) is 53.1 Å². The fourth-order valence-electron chi connectivity index (χ4n) is 3.05. The molecule has 1 amide bonds. The molecule has 3 N–H and O–H groups in total. The van der Waals surface area contributed by atoms with Crippen LogP contribution >= 0.6 is 0 Å². The number of H-pyrrole nitrogens is 1. The van der Waals surface area contributed by atoms with Crippen molar-refractivity contribution >= 4 is 5.91 Å². The fourth-order valence-corrected chi connectivity index (χ4v) is 3.05. The summed E-state index contributed by atoms with van der Waals surface area (Å²) in [5.41, 5.74) is 5.00. The van der Waals surface area contributed by atoms with Crippen LogP contribution < -0.4 is 15.4 Å². The molecule has 0 aliphatic carbocycles. The molecule has 2 aromatic rings. The molecule has 0 saturated heterocycles. The summed E-state index contributed by atoms with van der Waals surface area (Å²) in [5.74, 6) is 0.778. The average Bonchev–Trinajstić information content (AvgIpc) is 3.02. The van der Waals surface area contributed by atoms with Gasteiger partial charge in [0.2, 0.25) is 0 Å². The molecular formula is C20H30N4O2. The Morgan fingerprint density at radius 1 is 1.19 bits per heavy atom. The topological polar surface area (TPSA) is 79.0 Å². The van der Waals surface area contributed by atoms with Gasteiger partial charge < -0.3 is 15.4 Å². The van der Waals surface area contributed by atoms with E-state index in [1.807, 2.05) is 19.9 Å². The van der Waals surface area contributed by atoms with E-state index < -0.39 is 0 Å². The van der Waals surface area contributed by atoms with E-state index in [4.69, 9.17) is 4.74 Å². The van der Waals surface area contributed by atoms with E-state index in [0.29, 0.717) is 5.69 Å². The fraction of sp³-hybridized carbons (Fsp3) is 0.500. The number of nitrogens with one attached hydrogen (secondary N) is 3. The number of hydrogen-bond donors (Lipinski definition) is 3. The van der Waals surface area contributed by atoms with Crippen molar-refractivity contribution in [2.24, 2.45) is 0 Å². The van der Waals surface area contributed by atoms with Gasteiger partial charge in [-0.2, -0.15) is 5.10 Å². The highest BCUT2D eigenvalue weighted by atomic mass is 16.5. The van der Waals surface area contributed by atoms with Gasteiger partial charge in [0.15, 0.2) is 0 Å². The van der Waals surface area contributed by atoms with Crippen molar-refractivity contribution in [1.29, 1.82) is 0 Å². The van der Waals surface area contributed by atoms with Gasteiger partial charge in [0.25, 0.3) is 5.91 Å². The minimum Gasteiger partial charge on any atom is -0.496 e. The molecule has 0 fully saturated rings. The van der Waals surface area contributed by atoms with Gasteiger partial charge in [-0.25, -0.2) is 0 Å². The second kappa shape index (κ2) is 8.85. The first-order valence-corrected chi connectivity index (χ1v) is 9.01. The standard InChI is InChI=1S/C20H30N4O2/c1-12(9-13(2)22-20(25)18-10-14(3)23-24-18)21-11-17-7-8-19(26-6)16(5)15(17)4/h7-8,10,12-13,21H,9,11H2,1-6H3,(H,22,25)(H,23,24). The summed E-state index contributed by atoms with van der Waals surface area (Å²) in [6, 6.07) is 6.19. The first-order chi connectivity index (χ1) is 12.3. The molecule has 6 nitrogen and oxygen atoms in total. The molecule has 0 radical (unpaired) electrons. The molecule has 1 aromatic carbocycles. The number of carbonyl (C=O) groups is 1. The van der Waals surface area contributed by atoms with Crippen LogP contribution in [0.15, 0.2) is 18.2 Å². The Morgan fingerprint density at radius 2 is 1.92 bits per heavy atom. The maximum Gasteiger partial charge on any atom is 0.271 e. The summed E-state index contributed by atoms with van der Waals surface area (Å²) in [5, 5.41) is 13.3. The first-order valence-electron chi connectivity index (χ1n) is 9.01. The number of rotatable bonds is 8. The third-order valence-electron chi connectivity index (χ3n) is 4.73. The van der Waals surface area contributed by atoms with E-state index in [1.54, 1.807) is 13.2 Å². The van der Waals surface area contributed by atoms with Crippen molar-refractivity contribution in [3.8, 4) is 5.75 Å². The van der Waals surface area contributed by atoms with Crippen LogP contribution in [0, 0.1) is 20.8 Å².